The highest BCUT2D eigenvalue weighted by molar-refractivity contribution is 5.77. The molecule has 3 heteroatoms. The Hall–Kier alpha value is -0.410. The normalized spacial score (nSPS) is 16.2. The van der Waals surface area contributed by atoms with E-state index < -0.39 is 0 Å². The van der Waals surface area contributed by atoms with Crippen LogP contribution in [0.1, 0.15) is 33.1 Å². The second-order valence-electron chi connectivity index (χ2n) is 2.53. The molecule has 0 aromatic carbocycles. The number of hydrogen-bond donors (Lipinski definition) is 0. The molecular formula is C9H18O3. The van der Waals surface area contributed by atoms with Gasteiger partial charge in [0.15, 0.2) is 0 Å². The molecule has 0 atom stereocenters. The Morgan fingerprint density at radius 1 is 1.17 bits per heavy atom. The van der Waals surface area contributed by atoms with Crippen LogP contribution < -0.4 is 0 Å². The van der Waals surface area contributed by atoms with E-state index in [4.69, 9.17) is 9.47 Å². The molecule has 0 aromatic heterocycles. The largest absolute Gasteiger partial charge is 0.355 e. The van der Waals surface area contributed by atoms with Crippen LogP contribution in [0.25, 0.3) is 0 Å². The second kappa shape index (κ2) is 8.68. The third kappa shape index (κ3) is 7.69. The Bertz CT molecular complexity index is 90.8. The highest BCUT2D eigenvalue weighted by atomic mass is 16.7. The number of Topliss-reactive ketones (excluding diaryl/α,β-unsaturated/α-hetero) is 1. The minimum atomic E-state index is 0.343. The van der Waals surface area contributed by atoms with Crippen molar-refractivity contribution >= 4 is 5.78 Å². The molecule has 0 aromatic rings. The van der Waals surface area contributed by atoms with Crippen molar-refractivity contribution in [3.63, 3.8) is 0 Å². The van der Waals surface area contributed by atoms with Gasteiger partial charge in [-0.2, -0.15) is 0 Å². The van der Waals surface area contributed by atoms with Crippen molar-refractivity contribution in [3.05, 3.63) is 0 Å². The summed E-state index contributed by atoms with van der Waals surface area (Å²) >= 11 is 0. The molecule has 1 saturated heterocycles. The molecule has 1 aliphatic heterocycles. The summed E-state index contributed by atoms with van der Waals surface area (Å²) < 4.78 is 9.69. The molecule has 0 amide bonds. The van der Waals surface area contributed by atoms with Gasteiger partial charge in [-0.25, -0.2) is 0 Å². The van der Waals surface area contributed by atoms with E-state index >= 15 is 0 Å². The van der Waals surface area contributed by atoms with Gasteiger partial charge >= 0.3 is 0 Å². The van der Waals surface area contributed by atoms with E-state index in [1.54, 1.807) is 0 Å². The average Bonchev–Trinajstić information content (AvgIpc) is 2.20. The quantitative estimate of drug-likeness (QED) is 0.640. The topological polar surface area (TPSA) is 35.5 Å². The van der Waals surface area contributed by atoms with Gasteiger partial charge in [0, 0.05) is 12.8 Å². The Balaban J connectivity index is 0.000000202. The minimum Gasteiger partial charge on any atom is -0.355 e. The lowest BCUT2D eigenvalue weighted by Gasteiger charge is -2.09. The summed E-state index contributed by atoms with van der Waals surface area (Å²) in [6.45, 7) is 6.01. The minimum absolute atomic E-state index is 0.343. The Morgan fingerprint density at radius 2 is 1.67 bits per heavy atom. The standard InChI is InChI=1S/C5H10O.C4H8O2/c1-3-5(6)4-2;1-2-5-4-6-3-1/h3-4H2,1-2H3;1-4H2. The second-order valence-corrected chi connectivity index (χ2v) is 2.53. The third-order valence-corrected chi connectivity index (χ3v) is 1.53. The van der Waals surface area contributed by atoms with Gasteiger partial charge in [0.1, 0.15) is 12.6 Å². The van der Waals surface area contributed by atoms with Crippen molar-refractivity contribution in [1.82, 2.24) is 0 Å². The zero-order valence-corrected chi connectivity index (χ0v) is 7.97. The van der Waals surface area contributed by atoms with Gasteiger partial charge in [0.25, 0.3) is 0 Å². The summed E-state index contributed by atoms with van der Waals surface area (Å²) in [5.41, 5.74) is 0. The molecule has 1 aliphatic rings. The Morgan fingerprint density at radius 3 is 1.75 bits per heavy atom. The highest BCUT2D eigenvalue weighted by Crippen LogP contribution is 1.91. The van der Waals surface area contributed by atoms with E-state index in [1.807, 2.05) is 13.8 Å². The predicted octanol–water partition coefficient (Wildman–Crippen LogP) is 1.76. The molecular weight excluding hydrogens is 156 g/mol. The number of hydrogen-bond acceptors (Lipinski definition) is 3. The first kappa shape index (κ1) is 11.6. The fourth-order valence-corrected chi connectivity index (χ4v) is 0.690. The van der Waals surface area contributed by atoms with E-state index in [-0.39, 0.29) is 0 Å². The summed E-state index contributed by atoms with van der Waals surface area (Å²) in [5.74, 6) is 0.343. The lowest BCUT2D eigenvalue weighted by Crippen LogP contribution is -2.11. The molecule has 0 saturated carbocycles. The molecule has 0 aliphatic carbocycles. The zero-order chi connectivity index (χ0) is 9.23. The third-order valence-electron chi connectivity index (χ3n) is 1.53. The molecule has 12 heavy (non-hydrogen) atoms. The van der Waals surface area contributed by atoms with Gasteiger partial charge in [-0.05, 0) is 6.42 Å². The maximum atomic E-state index is 10.2. The number of ketones is 1. The average molecular weight is 174 g/mol. The molecule has 1 rings (SSSR count). The van der Waals surface area contributed by atoms with Gasteiger partial charge < -0.3 is 9.47 Å². The van der Waals surface area contributed by atoms with Gasteiger partial charge in [-0.15, -0.1) is 0 Å². The van der Waals surface area contributed by atoms with Crippen LogP contribution >= 0.6 is 0 Å². The van der Waals surface area contributed by atoms with Crippen molar-refractivity contribution in [1.29, 1.82) is 0 Å². The molecule has 3 nitrogen and oxygen atoms in total. The zero-order valence-electron chi connectivity index (χ0n) is 7.97. The van der Waals surface area contributed by atoms with Crippen molar-refractivity contribution in [2.24, 2.45) is 0 Å². The van der Waals surface area contributed by atoms with Gasteiger partial charge in [-0.3, -0.25) is 4.79 Å². The fourth-order valence-electron chi connectivity index (χ4n) is 0.690. The van der Waals surface area contributed by atoms with Crippen LogP contribution in [-0.4, -0.2) is 25.8 Å². The summed E-state index contributed by atoms with van der Waals surface area (Å²) in [4.78, 5) is 10.2. The first-order valence-electron chi connectivity index (χ1n) is 4.48. The van der Waals surface area contributed by atoms with Gasteiger partial charge in [0.05, 0.1) is 13.2 Å². The van der Waals surface area contributed by atoms with E-state index in [0.717, 1.165) is 19.6 Å². The first-order valence-corrected chi connectivity index (χ1v) is 4.48. The molecule has 72 valence electrons. The summed E-state index contributed by atoms with van der Waals surface area (Å²) in [6.07, 6.45) is 2.44. The van der Waals surface area contributed by atoms with Crippen LogP contribution in [-0.2, 0) is 14.3 Å². The lowest BCUT2D eigenvalue weighted by molar-refractivity contribution is -0.118. The molecule has 0 spiro atoms. The van der Waals surface area contributed by atoms with Gasteiger partial charge in [-0.1, -0.05) is 13.8 Å². The summed E-state index contributed by atoms with van der Waals surface area (Å²) in [5, 5.41) is 0. The van der Waals surface area contributed by atoms with Crippen LogP contribution in [0.5, 0.6) is 0 Å². The fraction of sp³-hybridized carbons (Fsp3) is 0.889. The smallest absolute Gasteiger partial charge is 0.146 e. The molecule has 1 fully saturated rings. The SMILES string of the molecule is C1COCOC1.CCC(=O)CC. The van der Waals surface area contributed by atoms with Crippen molar-refractivity contribution < 1.29 is 14.3 Å². The van der Waals surface area contributed by atoms with Crippen molar-refractivity contribution in [2.75, 3.05) is 20.0 Å². The molecule has 0 N–H and O–H groups in total. The van der Waals surface area contributed by atoms with Crippen molar-refractivity contribution in [3.8, 4) is 0 Å². The van der Waals surface area contributed by atoms with Crippen LogP contribution in [0.15, 0.2) is 0 Å². The number of rotatable bonds is 2. The van der Waals surface area contributed by atoms with E-state index in [0.29, 0.717) is 25.4 Å². The Kier molecular flexibility index (Phi) is 8.39. The molecule has 0 radical (unpaired) electrons. The van der Waals surface area contributed by atoms with Crippen LogP contribution in [0.3, 0.4) is 0 Å². The Labute approximate surface area is 74.0 Å². The number of carbonyl (C=O) groups excluding carboxylic acids is 1. The molecule has 0 bridgehead atoms. The molecule has 1 heterocycles. The predicted molar refractivity (Wildman–Crippen MR) is 47.0 cm³/mol. The van der Waals surface area contributed by atoms with Crippen LogP contribution in [0, 0.1) is 0 Å². The van der Waals surface area contributed by atoms with E-state index in [2.05, 4.69) is 0 Å². The van der Waals surface area contributed by atoms with Gasteiger partial charge in [0.2, 0.25) is 0 Å². The summed E-state index contributed by atoms with van der Waals surface area (Å²) in [6, 6.07) is 0. The van der Waals surface area contributed by atoms with E-state index in [1.165, 1.54) is 0 Å². The van der Waals surface area contributed by atoms with E-state index in [9.17, 15) is 4.79 Å². The summed E-state index contributed by atoms with van der Waals surface area (Å²) in [7, 11) is 0. The van der Waals surface area contributed by atoms with Crippen LogP contribution in [0.2, 0.25) is 0 Å². The monoisotopic (exact) mass is 174 g/mol. The van der Waals surface area contributed by atoms with Crippen LogP contribution in [0.4, 0.5) is 0 Å². The van der Waals surface area contributed by atoms with Crippen molar-refractivity contribution in [2.45, 2.75) is 33.1 Å². The number of ether oxygens (including phenoxy) is 2. The molecule has 0 unspecified atom stereocenters. The number of carbonyl (C=O) groups is 1. The maximum Gasteiger partial charge on any atom is 0.146 e. The highest BCUT2D eigenvalue weighted by Gasteiger charge is 1.94. The maximum absolute atomic E-state index is 10.2. The first-order chi connectivity index (χ1) is 5.81. The lowest BCUT2D eigenvalue weighted by atomic mass is 10.3.